The first-order valence-corrected chi connectivity index (χ1v) is 2.97. The lowest BCUT2D eigenvalue weighted by Crippen LogP contribution is -2.16. The highest BCUT2D eigenvalue weighted by molar-refractivity contribution is 5.92. The van der Waals surface area contributed by atoms with Gasteiger partial charge in [-0.1, -0.05) is 0 Å². The monoisotopic (exact) mass is 153 g/mol. The molecule has 0 aliphatic carbocycles. The largest absolute Gasteiger partial charge is 0.383 e. The molecule has 0 aliphatic heterocycles. The summed E-state index contributed by atoms with van der Waals surface area (Å²) in [6.45, 7) is 1.34. The Balaban J connectivity index is 3.30. The SMILES string of the molecule is CC(=O)c1cc(N)nc(=O)[nH]1. The molecule has 0 fully saturated rings. The average Bonchev–Trinajstić information content (AvgIpc) is 1.85. The second-order valence-corrected chi connectivity index (χ2v) is 2.08. The van der Waals surface area contributed by atoms with Gasteiger partial charge in [-0.3, -0.25) is 4.79 Å². The quantitative estimate of drug-likeness (QED) is 0.535. The summed E-state index contributed by atoms with van der Waals surface area (Å²) in [6, 6.07) is 1.32. The van der Waals surface area contributed by atoms with Gasteiger partial charge in [-0.2, -0.15) is 4.98 Å². The van der Waals surface area contributed by atoms with E-state index in [1.807, 2.05) is 0 Å². The number of nitrogens with zero attached hydrogens (tertiary/aromatic N) is 1. The molecule has 0 radical (unpaired) electrons. The van der Waals surface area contributed by atoms with Crippen LogP contribution in [-0.2, 0) is 0 Å². The van der Waals surface area contributed by atoms with Crippen molar-refractivity contribution in [3.63, 3.8) is 0 Å². The van der Waals surface area contributed by atoms with E-state index in [1.165, 1.54) is 13.0 Å². The Bertz CT molecular complexity index is 342. The number of nitrogen functional groups attached to an aromatic ring is 1. The second-order valence-electron chi connectivity index (χ2n) is 2.08. The second kappa shape index (κ2) is 2.53. The molecule has 0 bridgehead atoms. The van der Waals surface area contributed by atoms with Gasteiger partial charge in [0.1, 0.15) is 5.82 Å². The summed E-state index contributed by atoms with van der Waals surface area (Å²) in [5, 5.41) is 0. The molecule has 1 heterocycles. The van der Waals surface area contributed by atoms with Crippen molar-refractivity contribution in [1.29, 1.82) is 0 Å². The van der Waals surface area contributed by atoms with Gasteiger partial charge in [0.2, 0.25) is 0 Å². The van der Waals surface area contributed by atoms with Crippen LogP contribution in [0.25, 0.3) is 0 Å². The minimum Gasteiger partial charge on any atom is -0.383 e. The molecule has 5 heteroatoms. The first-order valence-electron chi connectivity index (χ1n) is 2.97. The number of carbonyl (C=O) groups excluding carboxylic acids is 1. The van der Waals surface area contributed by atoms with Gasteiger partial charge >= 0.3 is 5.69 Å². The van der Waals surface area contributed by atoms with Crippen molar-refractivity contribution in [2.24, 2.45) is 0 Å². The molecule has 5 nitrogen and oxygen atoms in total. The van der Waals surface area contributed by atoms with E-state index in [-0.39, 0.29) is 17.3 Å². The molecule has 0 amide bonds. The van der Waals surface area contributed by atoms with Gasteiger partial charge in [0.15, 0.2) is 5.78 Å². The lowest BCUT2D eigenvalue weighted by Gasteiger charge is -1.94. The summed E-state index contributed by atoms with van der Waals surface area (Å²) in [7, 11) is 0. The van der Waals surface area contributed by atoms with Crippen molar-refractivity contribution in [2.45, 2.75) is 6.92 Å². The van der Waals surface area contributed by atoms with E-state index in [0.717, 1.165) is 0 Å². The smallest absolute Gasteiger partial charge is 0.347 e. The maximum atomic E-state index is 10.7. The third-order valence-corrected chi connectivity index (χ3v) is 1.14. The molecule has 1 aromatic heterocycles. The zero-order valence-corrected chi connectivity index (χ0v) is 5.92. The van der Waals surface area contributed by atoms with Crippen LogP contribution in [-0.4, -0.2) is 15.8 Å². The van der Waals surface area contributed by atoms with Gasteiger partial charge in [0.05, 0.1) is 5.69 Å². The van der Waals surface area contributed by atoms with E-state index in [1.54, 1.807) is 0 Å². The summed E-state index contributed by atoms with van der Waals surface area (Å²) in [6.07, 6.45) is 0. The first-order chi connectivity index (χ1) is 5.09. The molecule has 0 saturated heterocycles. The van der Waals surface area contributed by atoms with E-state index >= 15 is 0 Å². The highest BCUT2D eigenvalue weighted by Crippen LogP contribution is 1.96. The van der Waals surface area contributed by atoms with Crippen LogP contribution >= 0.6 is 0 Å². The maximum Gasteiger partial charge on any atom is 0.347 e. The highest BCUT2D eigenvalue weighted by atomic mass is 16.1. The lowest BCUT2D eigenvalue weighted by molar-refractivity contribution is 0.101. The predicted octanol–water partition coefficient (Wildman–Crippen LogP) is -0.445. The molecular formula is C6H7N3O2. The van der Waals surface area contributed by atoms with E-state index in [0.29, 0.717) is 0 Å². The normalized spacial score (nSPS) is 9.55. The number of hydrogen-bond donors (Lipinski definition) is 2. The molecule has 0 aromatic carbocycles. The zero-order chi connectivity index (χ0) is 8.43. The van der Waals surface area contributed by atoms with Gasteiger partial charge in [-0.15, -0.1) is 0 Å². The van der Waals surface area contributed by atoms with E-state index in [9.17, 15) is 9.59 Å². The highest BCUT2D eigenvalue weighted by Gasteiger charge is 2.01. The van der Waals surface area contributed by atoms with Gasteiger partial charge in [0, 0.05) is 13.0 Å². The van der Waals surface area contributed by atoms with Crippen LogP contribution in [0.1, 0.15) is 17.4 Å². The van der Waals surface area contributed by atoms with E-state index < -0.39 is 5.69 Å². The molecule has 0 unspecified atom stereocenters. The fraction of sp³-hybridized carbons (Fsp3) is 0.167. The van der Waals surface area contributed by atoms with Crippen LogP contribution in [0.3, 0.4) is 0 Å². The van der Waals surface area contributed by atoms with Crippen LogP contribution in [0.2, 0.25) is 0 Å². The van der Waals surface area contributed by atoms with E-state index in [2.05, 4.69) is 9.97 Å². The van der Waals surface area contributed by atoms with Gasteiger partial charge in [0.25, 0.3) is 0 Å². The van der Waals surface area contributed by atoms with Crippen molar-refractivity contribution in [3.05, 3.63) is 22.2 Å². The Morgan fingerprint density at radius 2 is 2.36 bits per heavy atom. The minimum atomic E-state index is -0.602. The van der Waals surface area contributed by atoms with Crippen LogP contribution < -0.4 is 11.4 Å². The van der Waals surface area contributed by atoms with Gasteiger partial charge in [-0.25, -0.2) is 4.79 Å². The molecule has 3 N–H and O–H groups in total. The van der Waals surface area contributed by atoms with Crippen molar-refractivity contribution in [3.8, 4) is 0 Å². The third-order valence-electron chi connectivity index (χ3n) is 1.14. The molecule has 0 spiro atoms. The molecule has 0 saturated carbocycles. The minimum absolute atomic E-state index is 0.0546. The fourth-order valence-corrected chi connectivity index (χ4v) is 0.666. The Morgan fingerprint density at radius 1 is 1.73 bits per heavy atom. The number of aromatic amines is 1. The molecule has 58 valence electrons. The number of H-pyrrole nitrogens is 1. The van der Waals surface area contributed by atoms with Crippen molar-refractivity contribution >= 4 is 11.6 Å². The molecular weight excluding hydrogens is 146 g/mol. The number of nitrogens with one attached hydrogen (secondary N) is 1. The van der Waals surface area contributed by atoms with Gasteiger partial charge in [-0.05, 0) is 0 Å². The topological polar surface area (TPSA) is 88.8 Å². The Hall–Kier alpha value is -1.65. The summed E-state index contributed by atoms with van der Waals surface area (Å²) >= 11 is 0. The average molecular weight is 153 g/mol. The van der Waals surface area contributed by atoms with E-state index in [4.69, 9.17) is 5.73 Å². The van der Waals surface area contributed by atoms with Crippen LogP contribution in [0, 0.1) is 0 Å². The Morgan fingerprint density at radius 3 is 2.82 bits per heavy atom. The number of ketones is 1. The zero-order valence-electron chi connectivity index (χ0n) is 5.92. The van der Waals surface area contributed by atoms with Gasteiger partial charge < -0.3 is 10.7 Å². The number of Topliss-reactive ketones (excluding diaryl/α,β-unsaturated/α-hetero) is 1. The first kappa shape index (κ1) is 7.46. The Labute approximate surface area is 62.3 Å². The summed E-state index contributed by atoms with van der Waals surface area (Å²) in [5.41, 5.74) is 4.80. The standard InChI is InChI=1S/C6H7N3O2/c1-3(10)4-2-5(7)9-6(11)8-4/h2H,1H3,(H3,7,8,9,11). The Kier molecular flexibility index (Phi) is 1.72. The summed E-state index contributed by atoms with van der Waals surface area (Å²) < 4.78 is 0. The lowest BCUT2D eigenvalue weighted by atomic mass is 10.3. The van der Waals surface area contributed by atoms with Crippen LogP contribution in [0.15, 0.2) is 10.9 Å². The number of anilines is 1. The number of aromatic nitrogens is 2. The maximum absolute atomic E-state index is 10.7. The summed E-state index contributed by atoms with van der Waals surface area (Å²) in [4.78, 5) is 26.9. The number of rotatable bonds is 1. The van der Waals surface area contributed by atoms with Crippen LogP contribution in [0.4, 0.5) is 5.82 Å². The summed E-state index contributed by atoms with van der Waals surface area (Å²) in [5.74, 6) is -0.185. The molecule has 11 heavy (non-hydrogen) atoms. The van der Waals surface area contributed by atoms with Crippen molar-refractivity contribution in [1.82, 2.24) is 9.97 Å². The predicted molar refractivity (Wildman–Crippen MR) is 39.3 cm³/mol. The molecule has 0 aliphatic rings. The molecule has 1 rings (SSSR count). The fourth-order valence-electron chi connectivity index (χ4n) is 0.666. The number of carbonyl (C=O) groups is 1. The molecule has 1 aromatic rings. The number of nitrogens with two attached hydrogens (primary N) is 1. The number of hydrogen-bond acceptors (Lipinski definition) is 4. The third kappa shape index (κ3) is 1.64. The van der Waals surface area contributed by atoms with Crippen molar-refractivity contribution in [2.75, 3.05) is 5.73 Å². The van der Waals surface area contributed by atoms with Crippen molar-refractivity contribution < 1.29 is 4.79 Å². The van der Waals surface area contributed by atoms with Crippen LogP contribution in [0.5, 0.6) is 0 Å². The molecule has 0 atom stereocenters.